The summed E-state index contributed by atoms with van der Waals surface area (Å²) in [5.41, 5.74) is 0. The normalized spacial score (nSPS) is 15.9. The first-order valence-electron chi connectivity index (χ1n) is 2.74. The Hall–Kier alpha value is -0.650. The lowest BCUT2D eigenvalue weighted by molar-refractivity contribution is -0.134. The highest BCUT2D eigenvalue weighted by atomic mass is 16.5. The fraction of sp³-hybridized carbons (Fsp3) is 0.800. The monoisotopic (exact) mass is 150 g/mol. The SMILES string of the molecule is O=COC[C@H](O)[C@H](O)CO. The summed E-state index contributed by atoms with van der Waals surface area (Å²) >= 11 is 0. The fourth-order valence-corrected chi connectivity index (χ4v) is 0.371. The van der Waals surface area contributed by atoms with E-state index in [9.17, 15) is 4.79 Å². The van der Waals surface area contributed by atoms with Crippen LogP contribution in [0.15, 0.2) is 0 Å². The maximum absolute atomic E-state index is 9.54. The quantitative estimate of drug-likeness (QED) is 0.390. The van der Waals surface area contributed by atoms with Crippen molar-refractivity contribution in [2.75, 3.05) is 13.2 Å². The van der Waals surface area contributed by atoms with Gasteiger partial charge in [-0.2, -0.15) is 0 Å². The first-order chi connectivity index (χ1) is 4.72. The van der Waals surface area contributed by atoms with Gasteiger partial charge in [0.2, 0.25) is 0 Å². The van der Waals surface area contributed by atoms with E-state index in [1.54, 1.807) is 0 Å². The number of carbonyl (C=O) groups is 1. The zero-order chi connectivity index (χ0) is 7.98. The van der Waals surface area contributed by atoms with E-state index in [-0.39, 0.29) is 13.1 Å². The molecule has 0 fully saturated rings. The third-order valence-corrected chi connectivity index (χ3v) is 0.966. The molecule has 0 spiro atoms. The highest BCUT2D eigenvalue weighted by Gasteiger charge is 2.14. The molecule has 0 aromatic carbocycles. The molecule has 0 aliphatic rings. The Balaban J connectivity index is 3.40. The molecule has 0 amide bonds. The Kier molecular flexibility index (Phi) is 4.82. The van der Waals surface area contributed by atoms with Gasteiger partial charge < -0.3 is 20.1 Å². The van der Waals surface area contributed by atoms with Crippen LogP contribution in [0.4, 0.5) is 0 Å². The van der Waals surface area contributed by atoms with Crippen LogP contribution >= 0.6 is 0 Å². The molecule has 3 N–H and O–H groups in total. The number of aliphatic hydroxyl groups is 3. The van der Waals surface area contributed by atoms with Gasteiger partial charge >= 0.3 is 0 Å². The van der Waals surface area contributed by atoms with E-state index in [0.717, 1.165) is 0 Å². The van der Waals surface area contributed by atoms with Crippen LogP contribution in [0.3, 0.4) is 0 Å². The van der Waals surface area contributed by atoms with Crippen LogP contribution in [0.2, 0.25) is 0 Å². The molecule has 0 aromatic rings. The lowest BCUT2D eigenvalue weighted by atomic mass is 10.2. The average Bonchev–Trinajstić information content (AvgIpc) is 1.98. The van der Waals surface area contributed by atoms with E-state index in [0.29, 0.717) is 0 Å². The highest BCUT2D eigenvalue weighted by molar-refractivity contribution is 5.36. The maximum Gasteiger partial charge on any atom is 0.293 e. The average molecular weight is 150 g/mol. The first-order valence-corrected chi connectivity index (χ1v) is 2.74. The molecule has 0 aliphatic heterocycles. The number of aliphatic hydroxyl groups excluding tert-OH is 3. The number of hydrogen-bond acceptors (Lipinski definition) is 5. The van der Waals surface area contributed by atoms with Crippen LogP contribution in [-0.2, 0) is 9.53 Å². The van der Waals surface area contributed by atoms with Crippen molar-refractivity contribution in [2.24, 2.45) is 0 Å². The zero-order valence-corrected chi connectivity index (χ0v) is 5.30. The number of hydrogen-bond donors (Lipinski definition) is 3. The summed E-state index contributed by atoms with van der Waals surface area (Å²) in [7, 11) is 0. The van der Waals surface area contributed by atoms with E-state index >= 15 is 0 Å². The van der Waals surface area contributed by atoms with Crippen molar-refractivity contribution in [1.82, 2.24) is 0 Å². The van der Waals surface area contributed by atoms with Crippen molar-refractivity contribution in [2.45, 2.75) is 12.2 Å². The van der Waals surface area contributed by atoms with Gasteiger partial charge in [-0.3, -0.25) is 4.79 Å². The summed E-state index contributed by atoms with van der Waals surface area (Å²) < 4.78 is 4.12. The van der Waals surface area contributed by atoms with E-state index in [1.807, 2.05) is 0 Å². The van der Waals surface area contributed by atoms with Gasteiger partial charge in [-0.05, 0) is 0 Å². The smallest absolute Gasteiger partial charge is 0.293 e. The van der Waals surface area contributed by atoms with E-state index in [4.69, 9.17) is 15.3 Å². The van der Waals surface area contributed by atoms with Gasteiger partial charge in [-0.1, -0.05) is 0 Å². The number of ether oxygens (including phenoxy) is 1. The van der Waals surface area contributed by atoms with Crippen molar-refractivity contribution in [3.05, 3.63) is 0 Å². The minimum atomic E-state index is -1.25. The van der Waals surface area contributed by atoms with Gasteiger partial charge in [-0.15, -0.1) is 0 Å². The summed E-state index contributed by atoms with van der Waals surface area (Å²) in [6.07, 6.45) is -2.46. The van der Waals surface area contributed by atoms with Crippen LogP contribution in [0.1, 0.15) is 0 Å². The lowest BCUT2D eigenvalue weighted by Gasteiger charge is -2.13. The van der Waals surface area contributed by atoms with E-state index in [2.05, 4.69) is 4.74 Å². The van der Waals surface area contributed by atoms with Gasteiger partial charge in [0, 0.05) is 0 Å². The van der Waals surface area contributed by atoms with E-state index < -0.39 is 18.8 Å². The van der Waals surface area contributed by atoms with Crippen LogP contribution in [0.25, 0.3) is 0 Å². The zero-order valence-electron chi connectivity index (χ0n) is 5.30. The topological polar surface area (TPSA) is 87.0 Å². The second kappa shape index (κ2) is 5.16. The van der Waals surface area contributed by atoms with Crippen molar-refractivity contribution in [3.8, 4) is 0 Å². The summed E-state index contributed by atoms with van der Waals surface area (Å²) in [6, 6.07) is 0. The highest BCUT2D eigenvalue weighted by Crippen LogP contribution is 1.91. The molecule has 0 rings (SSSR count). The molecular formula is C5H10O5. The molecule has 10 heavy (non-hydrogen) atoms. The summed E-state index contributed by atoms with van der Waals surface area (Å²) in [5.74, 6) is 0. The third-order valence-electron chi connectivity index (χ3n) is 0.966. The number of carbonyl (C=O) groups excluding carboxylic acids is 1. The Bertz CT molecular complexity index is 94.0. The van der Waals surface area contributed by atoms with Crippen molar-refractivity contribution in [3.63, 3.8) is 0 Å². The predicted molar refractivity (Wildman–Crippen MR) is 31.1 cm³/mol. The molecule has 60 valence electrons. The second-order valence-corrected chi connectivity index (χ2v) is 1.75. The van der Waals surface area contributed by atoms with Crippen molar-refractivity contribution >= 4 is 6.47 Å². The van der Waals surface area contributed by atoms with Crippen molar-refractivity contribution in [1.29, 1.82) is 0 Å². The fourth-order valence-electron chi connectivity index (χ4n) is 0.371. The van der Waals surface area contributed by atoms with Crippen LogP contribution in [0, 0.1) is 0 Å². The molecule has 5 heteroatoms. The standard InChI is InChI=1S/C5H10O5/c6-1-4(8)5(9)2-10-3-7/h3-6,8-9H,1-2H2/t4-,5+/m1/s1. The molecule has 2 atom stereocenters. The first kappa shape index (κ1) is 9.35. The molecule has 0 radical (unpaired) electrons. The number of rotatable bonds is 5. The summed E-state index contributed by atoms with van der Waals surface area (Å²) in [5, 5.41) is 25.7. The van der Waals surface area contributed by atoms with Crippen LogP contribution in [0.5, 0.6) is 0 Å². The van der Waals surface area contributed by atoms with Crippen LogP contribution in [-0.4, -0.2) is 47.2 Å². The van der Waals surface area contributed by atoms with Crippen LogP contribution < -0.4 is 0 Å². The van der Waals surface area contributed by atoms with Crippen molar-refractivity contribution < 1.29 is 24.9 Å². The Morgan fingerprint density at radius 3 is 2.40 bits per heavy atom. The molecule has 0 bridgehead atoms. The Labute approximate surface area is 57.9 Å². The molecule has 0 saturated carbocycles. The van der Waals surface area contributed by atoms with Gasteiger partial charge in [0.05, 0.1) is 6.61 Å². The predicted octanol–water partition coefficient (Wildman–Crippen LogP) is -2.13. The molecule has 0 saturated heterocycles. The minimum Gasteiger partial charge on any atom is -0.465 e. The molecule has 0 aromatic heterocycles. The van der Waals surface area contributed by atoms with Gasteiger partial charge in [0.1, 0.15) is 18.8 Å². The van der Waals surface area contributed by atoms with Gasteiger partial charge in [0.15, 0.2) is 0 Å². The van der Waals surface area contributed by atoms with Gasteiger partial charge in [-0.25, -0.2) is 0 Å². The largest absolute Gasteiger partial charge is 0.465 e. The lowest BCUT2D eigenvalue weighted by Crippen LogP contribution is -2.33. The third kappa shape index (κ3) is 3.39. The maximum atomic E-state index is 9.54. The Morgan fingerprint density at radius 2 is 2.00 bits per heavy atom. The summed E-state index contributed by atoms with van der Waals surface area (Å²) in [4.78, 5) is 9.54. The minimum absolute atomic E-state index is 0.160. The Morgan fingerprint density at radius 1 is 1.40 bits per heavy atom. The molecule has 5 nitrogen and oxygen atoms in total. The van der Waals surface area contributed by atoms with E-state index in [1.165, 1.54) is 0 Å². The summed E-state index contributed by atoms with van der Waals surface area (Å²) in [6.45, 7) is -0.693. The molecule has 0 unspecified atom stereocenters. The molecule has 0 heterocycles. The molecular weight excluding hydrogens is 140 g/mol. The second-order valence-electron chi connectivity index (χ2n) is 1.75. The van der Waals surface area contributed by atoms with Gasteiger partial charge in [0.25, 0.3) is 6.47 Å². The molecule has 0 aliphatic carbocycles.